The minimum absolute atomic E-state index is 0.471. The maximum atomic E-state index is 6.19. The van der Waals surface area contributed by atoms with Gasteiger partial charge in [-0.3, -0.25) is 0 Å². The van der Waals surface area contributed by atoms with Crippen molar-refractivity contribution < 1.29 is 0 Å². The van der Waals surface area contributed by atoms with Gasteiger partial charge in [-0.05, 0) is 38.2 Å². The molecule has 0 aliphatic rings. The van der Waals surface area contributed by atoms with Crippen LogP contribution >= 0.6 is 11.6 Å². The Morgan fingerprint density at radius 2 is 1.95 bits per heavy atom. The summed E-state index contributed by atoms with van der Waals surface area (Å²) in [6.07, 6.45) is 0. The molecule has 1 aromatic heterocycles. The largest absolute Gasteiger partial charge is 0.368 e. The molecule has 20 heavy (non-hydrogen) atoms. The molecule has 0 aliphatic heterocycles. The van der Waals surface area contributed by atoms with Gasteiger partial charge in [-0.1, -0.05) is 37.6 Å². The molecule has 2 aromatic rings. The Balaban J connectivity index is 2.16. The van der Waals surface area contributed by atoms with Gasteiger partial charge in [0.1, 0.15) is 5.82 Å². The molecule has 108 valence electrons. The molecule has 1 atom stereocenters. The van der Waals surface area contributed by atoms with E-state index in [1.807, 2.05) is 24.3 Å². The fourth-order valence-electron chi connectivity index (χ4n) is 2.43. The third kappa shape index (κ3) is 3.41. The summed E-state index contributed by atoms with van der Waals surface area (Å²) in [6.45, 7) is 5.34. The number of hydrogen-bond donors (Lipinski definition) is 1. The number of likely N-dealkylation sites (N-methyl/N-ethyl adjacent to an activating group) is 1. The molecule has 0 saturated carbocycles. The highest BCUT2D eigenvalue weighted by Crippen LogP contribution is 2.23. The number of aromatic nitrogens is 1. The predicted octanol–water partition coefficient (Wildman–Crippen LogP) is 3.89. The van der Waals surface area contributed by atoms with E-state index in [4.69, 9.17) is 11.6 Å². The molecule has 0 spiro atoms. The first-order valence-electron chi connectivity index (χ1n) is 6.94. The van der Waals surface area contributed by atoms with E-state index in [0.717, 1.165) is 23.3 Å². The minimum atomic E-state index is 0.471. The van der Waals surface area contributed by atoms with Gasteiger partial charge in [0.05, 0.1) is 10.5 Å². The highest BCUT2D eigenvalue weighted by Gasteiger charge is 2.15. The van der Waals surface area contributed by atoms with Crippen molar-refractivity contribution in [3.8, 4) is 0 Å². The van der Waals surface area contributed by atoms with Crippen LogP contribution in [0.4, 0.5) is 5.82 Å². The van der Waals surface area contributed by atoms with Gasteiger partial charge in [0, 0.05) is 18.0 Å². The number of para-hydroxylation sites is 1. The van der Waals surface area contributed by atoms with Crippen molar-refractivity contribution in [3.63, 3.8) is 0 Å². The molecule has 0 fully saturated rings. The van der Waals surface area contributed by atoms with E-state index in [1.165, 1.54) is 0 Å². The lowest BCUT2D eigenvalue weighted by Gasteiger charge is -2.28. The fourth-order valence-corrected chi connectivity index (χ4v) is 2.66. The number of benzene rings is 1. The van der Waals surface area contributed by atoms with Crippen LogP contribution in [0.2, 0.25) is 5.02 Å². The van der Waals surface area contributed by atoms with Gasteiger partial charge in [-0.2, -0.15) is 0 Å². The van der Waals surface area contributed by atoms with Gasteiger partial charge in [0.25, 0.3) is 0 Å². The average molecular weight is 292 g/mol. The first-order valence-corrected chi connectivity index (χ1v) is 7.32. The Morgan fingerprint density at radius 3 is 2.60 bits per heavy atom. The number of pyridine rings is 1. The van der Waals surface area contributed by atoms with Crippen molar-refractivity contribution in [2.24, 2.45) is 5.92 Å². The van der Waals surface area contributed by atoms with E-state index >= 15 is 0 Å². The topological polar surface area (TPSA) is 28.2 Å². The molecule has 3 nitrogen and oxygen atoms in total. The van der Waals surface area contributed by atoms with Crippen molar-refractivity contribution in [3.05, 3.63) is 35.4 Å². The summed E-state index contributed by atoms with van der Waals surface area (Å²) in [7, 11) is 4.22. The Bertz CT molecular complexity index is 573. The second-order valence-corrected chi connectivity index (χ2v) is 6.07. The zero-order valence-electron chi connectivity index (χ0n) is 12.5. The fraction of sp³-hybridized carbons (Fsp3) is 0.438. The quantitative estimate of drug-likeness (QED) is 0.906. The third-order valence-corrected chi connectivity index (χ3v) is 3.90. The molecule has 1 aromatic carbocycles. The van der Waals surface area contributed by atoms with Crippen LogP contribution in [0.25, 0.3) is 10.9 Å². The van der Waals surface area contributed by atoms with Gasteiger partial charge < -0.3 is 10.2 Å². The van der Waals surface area contributed by atoms with E-state index < -0.39 is 0 Å². The number of halogens is 1. The maximum Gasteiger partial charge on any atom is 0.126 e. The summed E-state index contributed by atoms with van der Waals surface area (Å²) in [5, 5.41) is 5.17. The second kappa shape index (κ2) is 6.42. The van der Waals surface area contributed by atoms with Crippen LogP contribution in [0, 0.1) is 5.92 Å². The van der Waals surface area contributed by atoms with Crippen LogP contribution in [-0.2, 0) is 0 Å². The van der Waals surface area contributed by atoms with Crippen molar-refractivity contribution in [2.45, 2.75) is 19.9 Å². The van der Waals surface area contributed by atoms with Gasteiger partial charge in [0.15, 0.2) is 0 Å². The molecular formula is C16H22ClN3. The minimum Gasteiger partial charge on any atom is -0.368 e. The summed E-state index contributed by atoms with van der Waals surface area (Å²) in [5.41, 5.74) is 0.852. The van der Waals surface area contributed by atoms with Crippen LogP contribution in [0.15, 0.2) is 30.3 Å². The summed E-state index contributed by atoms with van der Waals surface area (Å²) in [6, 6.07) is 10.4. The molecule has 2 rings (SSSR count). The molecule has 0 aliphatic carbocycles. The standard InChI is InChI=1S/C16H22ClN3/c1-11(2)14(20(3)4)10-18-15-9-8-12-6-5-7-13(17)16(12)19-15/h5-9,11,14H,10H2,1-4H3,(H,18,19)/t14-/m0/s1. The molecule has 1 heterocycles. The smallest absolute Gasteiger partial charge is 0.126 e. The van der Waals surface area contributed by atoms with Crippen LogP contribution < -0.4 is 5.32 Å². The van der Waals surface area contributed by atoms with E-state index in [-0.39, 0.29) is 0 Å². The normalized spacial score (nSPS) is 13.2. The van der Waals surface area contributed by atoms with E-state index in [2.05, 4.69) is 49.2 Å². The van der Waals surface area contributed by atoms with E-state index in [9.17, 15) is 0 Å². The lowest BCUT2D eigenvalue weighted by molar-refractivity contribution is 0.243. The Morgan fingerprint density at radius 1 is 1.20 bits per heavy atom. The predicted molar refractivity (Wildman–Crippen MR) is 87.6 cm³/mol. The first kappa shape index (κ1) is 15.1. The zero-order valence-corrected chi connectivity index (χ0v) is 13.3. The van der Waals surface area contributed by atoms with Gasteiger partial charge in [0.2, 0.25) is 0 Å². The van der Waals surface area contributed by atoms with Crippen molar-refractivity contribution >= 4 is 28.3 Å². The summed E-state index contributed by atoms with van der Waals surface area (Å²) >= 11 is 6.19. The summed E-state index contributed by atoms with van der Waals surface area (Å²) < 4.78 is 0. The number of anilines is 1. The number of nitrogens with one attached hydrogen (secondary N) is 1. The second-order valence-electron chi connectivity index (χ2n) is 5.66. The third-order valence-electron chi connectivity index (χ3n) is 3.60. The Hall–Kier alpha value is -1.32. The van der Waals surface area contributed by atoms with Gasteiger partial charge in [-0.15, -0.1) is 0 Å². The molecule has 0 saturated heterocycles. The van der Waals surface area contributed by atoms with Crippen molar-refractivity contribution in [1.29, 1.82) is 0 Å². The SMILES string of the molecule is CC(C)[C@H](CNc1ccc2cccc(Cl)c2n1)N(C)C. The Labute approximate surface area is 126 Å². The number of hydrogen-bond acceptors (Lipinski definition) is 3. The average Bonchev–Trinajstić information content (AvgIpc) is 2.39. The van der Waals surface area contributed by atoms with E-state index in [1.54, 1.807) is 0 Å². The molecule has 0 bridgehead atoms. The van der Waals surface area contributed by atoms with Crippen molar-refractivity contribution in [2.75, 3.05) is 26.0 Å². The van der Waals surface area contributed by atoms with Crippen LogP contribution in [0.3, 0.4) is 0 Å². The molecule has 4 heteroatoms. The highest BCUT2D eigenvalue weighted by molar-refractivity contribution is 6.35. The lowest BCUT2D eigenvalue weighted by Crippen LogP contribution is -2.38. The maximum absolute atomic E-state index is 6.19. The molecule has 0 amide bonds. The lowest BCUT2D eigenvalue weighted by atomic mass is 10.0. The van der Waals surface area contributed by atoms with Crippen molar-refractivity contribution in [1.82, 2.24) is 9.88 Å². The molecular weight excluding hydrogens is 270 g/mol. The van der Waals surface area contributed by atoms with Crippen LogP contribution in [0.5, 0.6) is 0 Å². The van der Waals surface area contributed by atoms with Gasteiger partial charge >= 0.3 is 0 Å². The first-order chi connectivity index (χ1) is 9.49. The van der Waals surface area contributed by atoms with Crippen LogP contribution in [-0.4, -0.2) is 36.6 Å². The zero-order chi connectivity index (χ0) is 14.7. The highest BCUT2D eigenvalue weighted by atomic mass is 35.5. The van der Waals surface area contributed by atoms with E-state index in [0.29, 0.717) is 17.0 Å². The molecule has 1 N–H and O–H groups in total. The Kier molecular flexibility index (Phi) is 4.84. The number of fused-ring (bicyclic) bond motifs is 1. The summed E-state index contributed by atoms with van der Waals surface area (Å²) in [5.74, 6) is 1.46. The molecule has 0 radical (unpaired) electrons. The summed E-state index contributed by atoms with van der Waals surface area (Å²) in [4.78, 5) is 6.85. The van der Waals surface area contributed by atoms with Crippen LogP contribution in [0.1, 0.15) is 13.8 Å². The monoisotopic (exact) mass is 291 g/mol. The van der Waals surface area contributed by atoms with Gasteiger partial charge in [-0.25, -0.2) is 4.98 Å². The molecule has 0 unspecified atom stereocenters. The number of rotatable bonds is 5. The number of nitrogens with zero attached hydrogens (tertiary/aromatic N) is 2.